The van der Waals surface area contributed by atoms with Gasteiger partial charge in [0.1, 0.15) is 11.5 Å². The molecule has 0 atom stereocenters. The molecular formula is C21H20ClN5O2S2. The fourth-order valence-corrected chi connectivity index (χ4v) is 4.57. The van der Waals surface area contributed by atoms with E-state index in [0.29, 0.717) is 29.0 Å². The van der Waals surface area contributed by atoms with Crippen LogP contribution in [0.5, 0.6) is 0 Å². The number of thioether (sulfide) groups is 1. The summed E-state index contributed by atoms with van der Waals surface area (Å²) in [7, 11) is 1.76. The summed E-state index contributed by atoms with van der Waals surface area (Å²) in [6.45, 7) is 1.07. The predicted molar refractivity (Wildman–Crippen MR) is 122 cm³/mol. The van der Waals surface area contributed by atoms with Crippen molar-refractivity contribution in [3.05, 3.63) is 69.6 Å². The van der Waals surface area contributed by atoms with E-state index < -0.39 is 0 Å². The van der Waals surface area contributed by atoms with Crippen molar-refractivity contribution in [1.82, 2.24) is 25.1 Å². The molecular weight excluding hydrogens is 454 g/mol. The van der Waals surface area contributed by atoms with Crippen molar-refractivity contribution in [2.75, 3.05) is 12.8 Å². The van der Waals surface area contributed by atoms with Gasteiger partial charge in [-0.05, 0) is 58.3 Å². The number of benzene rings is 1. The van der Waals surface area contributed by atoms with Crippen molar-refractivity contribution in [1.29, 1.82) is 0 Å². The summed E-state index contributed by atoms with van der Waals surface area (Å²) in [6.07, 6.45) is 0.860. The predicted octanol–water partition coefficient (Wildman–Crippen LogP) is 4.64. The van der Waals surface area contributed by atoms with E-state index in [1.165, 1.54) is 16.6 Å². The van der Waals surface area contributed by atoms with Gasteiger partial charge in [0.2, 0.25) is 11.1 Å². The summed E-state index contributed by atoms with van der Waals surface area (Å²) in [4.78, 5) is 15.5. The van der Waals surface area contributed by atoms with Crippen LogP contribution < -0.4 is 0 Å². The van der Waals surface area contributed by atoms with Crippen LogP contribution in [-0.2, 0) is 24.3 Å². The Labute approximate surface area is 193 Å². The molecule has 3 aromatic heterocycles. The number of tetrazole rings is 1. The first kappa shape index (κ1) is 21.6. The third-order valence-electron chi connectivity index (χ3n) is 4.58. The Balaban J connectivity index is 1.29. The summed E-state index contributed by atoms with van der Waals surface area (Å²) in [5.74, 6) is 1.68. The topological polar surface area (TPSA) is 77.1 Å². The third kappa shape index (κ3) is 5.75. The van der Waals surface area contributed by atoms with Gasteiger partial charge in [0, 0.05) is 28.9 Å². The lowest BCUT2D eigenvalue weighted by molar-refractivity contribution is -0.127. The zero-order chi connectivity index (χ0) is 21.6. The molecule has 1 aromatic carbocycles. The van der Waals surface area contributed by atoms with Crippen molar-refractivity contribution in [2.45, 2.75) is 24.7 Å². The number of aromatic nitrogens is 4. The fourth-order valence-electron chi connectivity index (χ4n) is 2.90. The molecule has 0 unspecified atom stereocenters. The van der Waals surface area contributed by atoms with Gasteiger partial charge in [-0.15, -0.1) is 16.4 Å². The molecule has 3 heterocycles. The van der Waals surface area contributed by atoms with Gasteiger partial charge in [-0.25, -0.2) is 4.68 Å². The number of amides is 1. The van der Waals surface area contributed by atoms with Crippen LogP contribution >= 0.6 is 34.7 Å². The maximum Gasteiger partial charge on any atom is 0.233 e. The second-order valence-electron chi connectivity index (χ2n) is 6.83. The first-order chi connectivity index (χ1) is 15.1. The minimum absolute atomic E-state index is 0.0257. The minimum Gasteiger partial charge on any atom is -0.459 e. The Bertz CT molecular complexity index is 1130. The Kier molecular flexibility index (Phi) is 7.06. The number of hydrogen-bond donors (Lipinski definition) is 0. The quantitative estimate of drug-likeness (QED) is 0.329. The first-order valence-electron chi connectivity index (χ1n) is 9.58. The van der Waals surface area contributed by atoms with Crippen molar-refractivity contribution < 1.29 is 9.21 Å². The Hall–Kier alpha value is -2.62. The molecule has 0 saturated carbocycles. The number of aryl methyl sites for hydroxylation is 2. The number of halogens is 1. The SMILES string of the molecule is CN(Cc1ccc(-c2ccc(Cl)cc2)o1)C(=O)CSc1nnnn1CCc1cccs1. The molecule has 0 aliphatic heterocycles. The lowest BCUT2D eigenvalue weighted by Crippen LogP contribution is -2.27. The number of hydrogen-bond acceptors (Lipinski definition) is 7. The molecule has 0 N–H and O–H groups in total. The number of thiophene rings is 1. The van der Waals surface area contributed by atoms with E-state index in [-0.39, 0.29) is 11.7 Å². The van der Waals surface area contributed by atoms with Gasteiger partial charge in [-0.3, -0.25) is 4.79 Å². The maximum absolute atomic E-state index is 12.6. The zero-order valence-electron chi connectivity index (χ0n) is 16.8. The van der Waals surface area contributed by atoms with Crippen LogP contribution in [0.4, 0.5) is 0 Å². The van der Waals surface area contributed by atoms with Crippen LogP contribution in [0.1, 0.15) is 10.6 Å². The van der Waals surface area contributed by atoms with Crippen LogP contribution in [0.15, 0.2) is 63.5 Å². The molecule has 4 rings (SSSR count). The fraction of sp³-hybridized carbons (Fsp3) is 0.238. The second kappa shape index (κ2) is 10.1. The normalized spacial score (nSPS) is 11.0. The van der Waals surface area contributed by atoms with Gasteiger partial charge in [0.25, 0.3) is 0 Å². The summed E-state index contributed by atoms with van der Waals surface area (Å²) in [5.41, 5.74) is 0.939. The molecule has 31 heavy (non-hydrogen) atoms. The van der Waals surface area contributed by atoms with Crippen molar-refractivity contribution in [3.8, 4) is 11.3 Å². The van der Waals surface area contributed by atoms with E-state index in [9.17, 15) is 4.79 Å². The van der Waals surface area contributed by atoms with Crippen LogP contribution in [-0.4, -0.2) is 43.8 Å². The highest BCUT2D eigenvalue weighted by atomic mass is 35.5. The Morgan fingerprint density at radius 1 is 1.23 bits per heavy atom. The van der Waals surface area contributed by atoms with Gasteiger partial charge in [-0.1, -0.05) is 29.4 Å². The van der Waals surface area contributed by atoms with E-state index in [1.807, 2.05) is 42.5 Å². The van der Waals surface area contributed by atoms with E-state index >= 15 is 0 Å². The lowest BCUT2D eigenvalue weighted by atomic mass is 10.2. The Morgan fingerprint density at radius 3 is 2.84 bits per heavy atom. The van der Waals surface area contributed by atoms with E-state index in [1.54, 1.807) is 28.0 Å². The summed E-state index contributed by atoms with van der Waals surface area (Å²) >= 11 is 8.98. The van der Waals surface area contributed by atoms with E-state index in [4.69, 9.17) is 16.0 Å². The molecule has 0 aliphatic rings. The monoisotopic (exact) mass is 473 g/mol. The molecule has 7 nitrogen and oxygen atoms in total. The number of carbonyl (C=O) groups is 1. The molecule has 1 amide bonds. The molecule has 160 valence electrons. The van der Waals surface area contributed by atoms with Gasteiger partial charge >= 0.3 is 0 Å². The highest BCUT2D eigenvalue weighted by Gasteiger charge is 2.15. The smallest absolute Gasteiger partial charge is 0.233 e. The lowest BCUT2D eigenvalue weighted by Gasteiger charge is -2.15. The molecule has 0 bridgehead atoms. The third-order valence-corrected chi connectivity index (χ3v) is 6.71. The van der Waals surface area contributed by atoms with Gasteiger partial charge in [0.15, 0.2) is 0 Å². The number of nitrogens with zero attached hydrogens (tertiary/aromatic N) is 5. The molecule has 0 spiro atoms. The molecule has 0 radical (unpaired) electrons. The van der Waals surface area contributed by atoms with Crippen LogP contribution in [0.3, 0.4) is 0 Å². The molecule has 0 fully saturated rings. The van der Waals surface area contributed by atoms with Crippen molar-refractivity contribution >= 4 is 40.6 Å². The van der Waals surface area contributed by atoms with Crippen LogP contribution in [0, 0.1) is 0 Å². The summed E-state index contributed by atoms with van der Waals surface area (Å²) < 4.78 is 7.63. The number of carbonyl (C=O) groups excluding carboxylic acids is 1. The number of furan rings is 1. The number of rotatable bonds is 9. The maximum atomic E-state index is 12.6. The summed E-state index contributed by atoms with van der Waals surface area (Å²) in [5, 5.41) is 15.2. The van der Waals surface area contributed by atoms with Crippen molar-refractivity contribution in [2.24, 2.45) is 0 Å². The van der Waals surface area contributed by atoms with Gasteiger partial charge < -0.3 is 9.32 Å². The van der Waals surface area contributed by atoms with E-state index in [0.717, 1.165) is 17.7 Å². The van der Waals surface area contributed by atoms with Crippen molar-refractivity contribution in [3.63, 3.8) is 0 Å². The molecule has 4 aromatic rings. The average molecular weight is 474 g/mol. The standard InChI is InChI=1S/C21H20ClN5O2S2/c1-26(13-17-8-9-19(29-17)15-4-6-16(22)7-5-15)20(28)14-31-21-23-24-25-27(21)11-10-18-3-2-12-30-18/h2-9,12H,10-11,13-14H2,1H3. The van der Waals surface area contributed by atoms with E-state index in [2.05, 4.69) is 27.0 Å². The highest BCUT2D eigenvalue weighted by molar-refractivity contribution is 7.99. The first-order valence-corrected chi connectivity index (χ1v) is 11.8. The molecule has 0 aliphatic carbocycles. The second-order valence-corrected chi connectivity index (χ2v) is 9.24. The minimum atomic E-state index is -0.0257. The zero-order valence-corrected chi connectivity index (χ0v) is 19.2. The average Bonchev–Trinajstić information content (AvgIpc) is 3.53. The molecule has 10 heteroatoms. The van der Waals surface area contributed by atoms with Gasteiger partial charge in [-0.2, -0.15) is 0 Å². The highest BCUT2D eigenvalue weighted by Crippen LogP contribution is 2.24. The van der Waals surface area contributed by atoms with Gasteiger partial charge in [0.05, 0.1) is 18.8 Å². The van der Waals surface area contributed by atoms with Crippen LogP contribution in [0.25, 0.3) is 11.3 Å². The largest absolute Gasteiger partial charge is 0.459 e. The van der Waals surface area contributed by atoms with Crippen LogP contribution in [0.2, 0.25) is 5.02 Å². The summed E-state index contributed by atoms with van der Waals surface area (Å²) in [6, 6.07) is 15.3. The Morgan fingerprint density at radius 2 is 2.06 bits per heavy atom. The molecule has 0 saturated heterocycles.